The number of esters is 1. The fourth-order valence-corrected chi connectivity index (χ4v) is 1.36. The second-order valence-electron chi connectivity index (χ2n) is 3.20. The molecule has 0 radical (unpaired) electrons. The third-order valence-electron chi connectivity index (χ3n) is 2.14. The molecule has 5 nitrogen and oxygen atoms in total. The summed E-state index contributed by atoms with van der Waals surface area (Å²) in [6, 6.07) is 4.50. The van der Waals surface area contributed by atoms with Crippen LogP contribution in [-0.4, -0.2) is 29.5 Å². The summed E-state index contributed by atoms with van der Waals surface area (Å²) in [5.41, 5.74) is 0.303. The molecule has 2 rings (SSSR count). The zero-order valence-electron chi connectivity index (χ0n) is 7.97. The van der Waals surface area contributed by atoms with Crippen LogP contribution < -0.4 is 5.32 Å². The molecule has 1 amide bonds. The van der Waals surface area contributed by atoms with Crippen molar-refractivity contribution in [1.82, 2.24) is 10.3 Å². The monoisotopic (exact) mass is 206 g/mol. The second kappa shape index (κ2) is 4.08. The number of carbonyl (C=O) groups excluding carboxylic acids is 2. The first-order valence-corrected chi connectivity index (χ1v) is 4.66. The molecule has 1 unspecified atom stereocenters. The van der Waals surface area contributed by atoms with Crippen molar-refractivity contribution < 1.29 is 14.3 Å². The van der Waals surface area contributed by atoms with Crippen LogP contribution in [0.15, 0.2) is 24.4 Å². The van der Waals surface area contributed by atoms with Gasteiger partial charge in [-0.25, -0.2) is 4.79 Å². The molecule has 1 aromatic rings. The van der Waals surface area contributed by atoms with Gasteiger partial charge in [-0.05, 0) is 12.1 Å². The van der Waals surface area contributed by atoms with Gasteiger partial charge in [-0.1, -0.05) is 6.07 Å². The maximum absolute atomic E-state index is 11.6. The number of cyclic esters (lactones) is 1. The summed E-state index contributed by atoms with van der Waals surface area (Å²) in [5.74, 6) is -0.723. The summed E-state index contributed by atoms with van der Waals surface area (Å²) in [6.07, 6.45) is 2.05. The number of nitrogens with zero attached hydrogens (tertiary/aromatic N) is 1. The maximum Gasteiger partial charge on any atom is 0.328 e. The highest BCUT2D eigenvalue weighted by Crippen LogP contribution is 2.06. The molecule has 1 N–H and O–H groups in total. The lowest BCUT2D eigenvalue weighted by Gasteiger charge is -2.07. The molecular weight excluding hydrogens is 196 g/mol. The zero-order chi connectivity index (χ0) is 10.7. The molecule has 1 aliphatic heterocycles. The molecule has 15 heavy (non-hydrogen) atoms. The Morgan fingerprint density at radius 3 is 3.00 bits per heavy atom. The Morgan fingerprint density at radius 1 is 1.53 bits per heavy atom. The average molecular weight is 206 g/mol. The predicted molar refractivity (Wildman–Crippen MR) is 51.1 cm³/mol. The lowest BCUT2D eigenvalue weighted by molar-refractivity contribution is -0.139. The van der Waals surface area contributed by atoms with Crippen molar-refractivity contribution in [2.45, 2.75) is 12.5 Å². The molecule has 1 aromatic heterocycles. The smallest absolute Gasteiger partial charge is 0.328 e. The normalized spacial score (nSPS) is 19.7. The van der Waals surface area contributed by atoms with Crippen LogP contribution in [-0.2, 0) is 9.53 Å². The van der Waals surface area contributed by atoms with E-state index in [2.05, 4.69) is 10.3 Å². The molecule has 78 valence electrons. The van der Waals surface area contributed by atoms with E-state index in [-0.39, 0.29) is 11.9 Å². The minimum absolute atomic E-state index is 0.303. The molecule has 0 bridgehead atoms. The van der Waals surface area contributed by atoms with E-state index >= 15 is 0 Å². The van der Waals surface area contributed by atoms with E-state index in [1.165, 1.54) is 6.20 Å². The molecule has 5 heteroatoms. The summed E-state index contributed by atoms with van der Waals surface area (Å²) < 4.78 is 4.73. The number of ether oxygens (including phenoxy) is 1. The van der Waals surface area contributed by atoms with Crippen LogP contribution >= 0.6 is 0 Å². The van der Waals surface area contributed by atoms with E-state index in [1.807, 2.05) is 0 Å². The molecule has 0 aromatic carbocycles. The van der Waals surface area contributed by atoms with Gasteiger partial charge >= 0.3 is 5.97 Å². The van der Waals surface area contributed by atoms with Gasteiger partial charge in [0.05, 0.1) is 6.61 Å². The summed E-state index contributed by atoms with van der Waals surface area (Å²) >= 11 is 0. The molecule has 1 aliphatic rings. The van der Waals surface area contributed by atoms with E-state index in [0.717, 1.165) is 0 Å². The average Bonchev–Trinajstić information content (AvgIpc) is 2.66. The number of amides is 1. The first-order valence-electron chi connectivity index (χ1n) is 4.66. The van der Waals surface area contributed by atoms with E-state index in [4.69, 9.17) is 4.74 Å². The molecular formula is C10H10N2O3. The largest absolute Gasteiger partial charge is 0.464 e. The first-order chi connectivity index (χ1) is 7.27. The number of pyridine rings is 1. The molecule has 2 heterocycles. The van der Waals surface area contributed by atoms with Crippen molar-refractivity contribution >= 4 is 11.9 Å². The van der Waals surface area contributed by atoms with Gasteiger partial charge < -0.3 is 10.1 Å². The van der Waals surface area contributed by atoms with E-state index in [1.54, 1.807) is 18.2 Å². The summed E-state index contributed by atoms with van der Waals surface area (Å²) in [5, 5.41) is 2.57. The van der Waals surface area contributed by atoms with Crippen LogP contribution in [0.5, 0.6) is 0 Å². The maximum atomic E-state index is 11.6. The highest BCUT2D eigenvalue weighted by Gasteiger charge is 2.28. The fourth-order valence-electron chi connectivity index (χ4n) is 1.36. The highest BCUT2D eigenvalue weighted by atomic mass is 16.5. The number of aromatic nitrogens is 1. The Kier molecular flexibility index (Phi) is 2.62. The Hall–Kier alpha value is -1.91. The van der Waals surface area contributed by atoms with E-state index < -0.39 is 6.04 Å². The van der Waals surface area contributed by atoms with Crippen LogP contribution in [0, 0.1) is 0 Å². The summed E-state index contributed by atoms with van der Waals surface area (Å²) in [4.78, 5) is 26.5. The van der Waals surface area contributed by atoms with Gasteiger partial charge in [-0.2, -0.15) is 0 Å². The SMILES string of the molecule is O=C(NC1CCOC1=O)c1ccccn1. The van der Waals surface area contributed by atoms with Gasteiger partial charge in [0.25, 0.3) is 5.91 Å². The van der Waals surface area contributed by atoms with Crippen molar-refractivity contribution in [2.75, 3.05) is 6.61 Å². The molecule has 1 atom stereocenters. The van der Waals surface area contributed by atoms with Crippen LogP contribution in [0.1, 0.15) is 16.9 Å². The zero-order valence-corrected chi connectivity index (χ0v) is 7.97. The molecule has 1 saturated heterocycles. The van der Waals surface area contributed by atoms with Crippen molar-refractivity contribution in [3.05, 3.63) is 30.1 Å². The molecule has 0 spiro atoms. The Labute approximate surface area is 86.5 Å². The van der Waals surface area contributed by atoms with Gasteiger partial charge in [-0.3, -0.25) is 9.78 Å². The fraction of sp³-hybridized carbons (Fsp3) is 0.300. The highest BCUT2D eigenvalue weighted by molar-refractivity contribution is 5.95. The number of nitrogens with one attached hydrogen (secondary N) is 1. The van der Waals surface area contributed by atoms with Crippen molar-refractivity contribution in [2.24, 2.45) is 0 Å². The number of hydrogen-bond donors (Lipinski definition) is 1. The Morgan fingerprint density at radius 2 is 2.40 bits per heavy atom. The van der Waals surface area contributed by atoms with E-state index in [9.17, 15) is 9.59 Å². The predicted octanol–water partition coefficient (Wildman–Crippen LogP) is 0.127. The van der Waals surface area contributed by atoms with Crippen LogP contribution in [0.3, 0.4) is 0 Å². The van der Waals surface area contributed by atoms with Crippen LogP contribution in [0.2, 0.25) is 0 Å². The van der Waals surface area contributed by atoms with Gasteiger partial charge in [0.15, 0.2) is 0 Å². The van der Waals surface area contributed by atoms with E-state index in [0.29, 0.717) is 18.7 Å². The number of rotatable bonds is 2. The quantitative estimate of drug-likeness (QED) is 0.698. The summed E-state index contributed by atoms with van der Waals surface area (Å²) in [7, 11) is 0. The number of hydrogen-bond acceptors (Lipinski definition) is 4. The van der Waals surface area contributed by atoms with Gasteiger partial charge in [-0.15, -0.1) is 0 Å². The lowest BCUT2D eigenvalue weighted by atomic mass is 10.2. The molecule has 1 fully saturated rings. The standard InChI is InChI=1S/C10H10N2O3/c13-9(7-3-1-2-5-11-7)12-8-4-6-15-10(8)14/h1-3,5,8H,4,6H2,(H,12,13). The van der Waals surface area contributed by atoms with Crippen molar-refractivity contribution in [3.8, 4) is 0 Å². The Bertz CT molecular complexity index is 378. The van der Waals surface area contributed by atoms with Crippen molar-refractivity contribution in [3.63, 3.8) is 0 Å². The van der Waals surface area contributed by atoms with Crippen LogP contribution in [0.4, 0.5) is 0 Å². The topological polar surface area (TPSA) is 68.3 Å². The van der Waals surface area contributed by atoms with Gasteiger partial charge in [0.2, 0.25) is 0 Å². The minimum Gasteiger partial charge on any atom is -0.464 e. The number of carbonyl (C=O) groups is 2. The molecule has 0 aliphatic carbocycles. The van der Waals surface area contributed by atoms with Gasteiger partial charge in [0.1, 0.15) is 11.7 Å². The minimum atomic E-state index is -0.528. The molecule has 0 saturated carbocycles. The summed E-state index contributed by atoms with van der Waals surface area (Å²) in [6.45, 7) is 0.367. The third-order valence-corrected chi connectivity index (χ3v) is 2.14. The second-order valence-corrected chi connectivity index (χ2v) is 3.20. The van der Waals surface area contributed by atoms with Gasteiger partial charge in [0, 0.05) is 12.6 Å². The third kappa shape index (κ3) is 2.12. The first kappa shape index (κ1) is 9.64. The van der Waals surface area contributed by atoms with Crippen LogP contribution in [0.25, 0.3) is 0 Å². The van der Waals surface area contributed by atoms with Crippen molar-refractivity contribution in [1.29, 1.82) is 0 Å². The lowest BCUT2D eigenvalue weighted by Crippen LogP contribution is -2.38. The Balaban J connectivity index is 2.01.